The van der Waals surface area contributed by atoms with E-state index in [4.69, 9.17) is 14.3 Å². The van der Waals surface area contributed by atoms with Gasteiger partial charge in [0, 0.05) is 37.3 Å². The Hall–Kier alpha value is -3.29. The number of nitrogens with one attached hydrogen (secondary N) is 2. The third-order valence-corrected chi connectivity index (χ3v) is 7.00. The van der Waals surface area contributed by atoms with Gasteiger partial charge in [0.1, 0.15) is 24.1 Å². The number of hydrogen-bond donors (Lipinski definition) is 3. The summed E-state index contributed by atoms with van der Waals surface area (Å²) in [5.41, 5.74) is 6.26. The van der Waals surface area contributed by atoms with E-state index in [0.29, 0.717) is 23.6 Å². The maximum absolute atomic E-state index is 14.7. The number of nitrogen functional groups attached to an aromatic ring is 1. The van der Waals surface area contributed by atoms with E-state index in [1.807, 2.05) is 11.5 Å². The van der Waals surface area contributed by atoms with Crippen LogP contribution in [0.2, 0.25) is 0 Å². The summed E-state index contributed by atoms with van der Waals surface area (Å²) in [7, 11) is -2.60. The Morgan fingerprint density at radius 2 is 2.17 bits per heavy atom. The molecule has 0 spiro atoms. The van der Waals surface area contributed by atoms with E-state index < -0.39 is 22.5 Å². The Labute approximate surface area is 202 Å². The van der Waals surface area contributed by atoms with Crippen LogP contribution in [-0.2, 0) is 14.5 Å². The zero-order chi connectivity index (χ0) is 25.2. The van der Waals surface area contributed by atoms with Crippen molar-refractivity contribution in [2.24, 2.45) is 5.92 Å². The number of aromatic nitrogens is 3. The van der Waals surface area contributed by atoms with Crippen molar-refractivity contribution in [1.82, 2.24) is 19.3 Å². The number of hydrogen-bond acceptors (Lipinski definition) is 9. The van der Waals surface area contributed by atoms with Crippen molar-refractivity contribution in [3.05, 3.63) is 60.0 Å². The first-order valence-electron chi connectivity index (χ1n) is 11.0. The average Bonchev–Trinajstić information content (AvgIpc) is 3.58. The molecule has 1 saturated carbocycles. The molecule has 4 N–H and O–H groups in total. The Bertz CT molecular complexity index is 1290. The Morgan fingerprint density at radius 1 is 1.37 bits per heavy atom. The highest BCUT2D eigenvalue weighted by Gasteiger charge is 2.36. The van der Waals surface area contributed by atoms with Crippen LogP contribution in [0, 0.1) is 5.92 Å². The molecule has 0 radical (unpaired) electrons. The Morgan fingerprint density at radius 3 is 2.89 bits per heavy atom. The molecule has 0 amide bonds. The number of alkyl halides is 1. The van der Waals surface area contributed by atoms with E-state index in [1.165, 1.54) is 19.6 Å². The van der Waals surface area contributed by atoms with Gasteiger partial charge in [0.15, 0.2) is 11.7 Å². The van der Waals surface area contributed by atoms with Gasteiger partial charge in [0.05, 0.1) is 24.3 Å². The normalized spacial score (nSPS) is 21.2. The highest BCUT2D eigenvalue weighted by molar-refractivity contribution is 7.84. The number of nitrogens with two attached hydrogens (primary N) is 1. The van der Waals surface area contributed by atoms with Crippen LogP contribution in [0.25, 0.3) is 0 Å². The molecule has 3 aromatic rings. The fraction of sp³-hybridized carbons (Fsp3) is 0.409. The molecule has 4 atom stereocenters. The van der Waals surface area contributed by atoms with Gasteiger partial charge in [-0.3, -0.25) is 8.98 Å². The first-order valence-corrected chi connectivity index (χ1v) is 12.4. The lowest BCUT2D eigenvalue weighted by molar-refractivity contribution is 0.103. The zero-order valence-electron chi connectivity index (χ0n) is 19.2. The first kappa shape index (κ1) is 24.8. The van der Waals surface area contributed by atoms with Gasteiger partial charge >= 0.3 is 10.3 Å². The average molecular weight is 507 g/mol. The Balaban J connectivity index is 1.46. The fourth-order valence-electron chi connectivity index (χ4n) is 4.09. The monoisotopic (exact) mass is 506 g/mol. The zero-order valence-corrected chi connectivity index (χ0v) is 20.0. The molecule has 4 unspecified atom stereocenters. The van der Waals surface area contributed by atoms with E-state index in [1.54, 1.807) is 30.6 Å². The van der Waals surface area contributed by atoms with Gasteiger partial charge in [-0.2, -0.15) is 13.1 Å². The van der Waals surface area contributed by atoms with Crippen molar-refractivity contribution in [3.8, 4) is 0 Å². The molecule has 35 heavy (non-hydrogen) atoms. The molecule has 13 heteroatoms. The molecule has 1 aliphatic rings. The van der Waals surface area contributed by atoms with Gasteiger partial charge in [0.25, 0.3) is 0 Å². The second-order valence-corrected chi connectivity index (χ2v) is 9.98. The largest absolute Gasteiger partial charge is 0.444 e. The molecule has 188 valence electrons. The molecular weight excluding hydrogens is 479 g/mol. The molecule has 0 saturated heterocycles. The fourth-order valence-corrected chi connectivity index (χ4v) is 4.58. The third-order valence-electron chi connectivity index (χ3n) is 6.05. The van der Waals surface area contributed by atoms with Crippen LogP contribution >= 0.6 is 0 Å². The maximum atomic E-state index is 14.7. The minimum atomic E-state index is -3.84. The summed E-state index contributed by atoms with van der Waals surface area (Å²) in [6.45, 7) is 1.78. The second-order valence-electron chi connectivity index (χ2n) is 8.42. The van der Waals surface area contributed by atoms with Crippen LogP contribution in [0.3, 0.4) is 0 Å². The SMILES string of the molecule is CNS(=O)(=O)OCC1CC(F)C(Nc2ncncc2C(=O)c2ccn(C(C)c3ccc(N)o3)c2)C1. The van der Waals surface area contributed by atoms with Crippen molar-refractivity contribution in [2.45, 2.75) is 38.0 Å². The number of rotatable bonds is 10. The van der Waals surface area contributed by atoms with Crippen molar-refractivity contribution in [3.63, 3.8) is 0 Å². The smallest absolute Gasteiger partial charge is 0.335 e. The van der Waals surface area contributed by atoms with Crippen LogP contribution in [0.15, 0.2) is 47.5 Å². The maximum Gasteiger partial charge on any atom is 0.335 e. The van der Waals surface area contributed by atoms with Crippen LogP contribution in [0.4, 0.5) is 16.1 Å². The predicted octanol–water partition coefficient (Wildman–Crippen LogP) is 2.30. The van der Waals surface area contributed by atoms with Crippen LogP contribution in [0.1, 0.15) is 47.5 Å². The highest BCUT2D eigenvalue weighted by Crippen LogP contribution is 2.32. The summed E-state index contributed by atoms with van der Waals surface area (Å²) in [4.78, 5) is 21.4. The molecule has 0 aliphatic heterocycles. The number of nitrogens with zero attached hydrogens (tertiary/aromatic N) is 3. The van der Waals surface area contributed by atoms with Crippen LogP contribution in [-0.4, -0.2) is 54.6 Å². The van der Waals surface area contributed by atoms with Crippen molar-refractivity contribution in [2.75, 3.05) is 24.7 Å². The summed E-state index contributed by atoms with van der Waals surface area (Å²) >= 11 is 0. The van der Waals surface area contributed by atoms with E-state index >= 15 is 0 Å². The Kier molecular flexibility index (Phi) is 7.19. The van der Waals surface area contributed by atoms with Gasteiger partial charge in [0.2, 0.25) is 0 Å². The molecule has 1 aliphatic carbocycles. The third kappa shape index (κ3) is 5.69. The van der Waals surface area contributed by atoms with E-state index in [0.717, 1.165) is 0 Å². The van der Waals surface area contributed by atoms with Crippen LogP contribution in [0.5, 0.6) is 0 Å². The van der Waals surface area contributed by atoms with E-state index in [2.05, 4.69) is 20.0 Å². The van der Waals surface area contributed by atoms with Crippen LogP contribution < -0.4 is 15.8 Å². The summed E-state index contributed by atoms with van der Waals surface area (Å²) < 4.78 is 51.9. The molecular formula is C22H27FN6O5S. The lowest BCUT2D eigenvalue weighted by Gasteiger charge is -2.17. The number of furan rings is 1. The second kappa shape index (κ2) is 10.1. The molecule has 0 aromatic carbocycles. The van der Waals surface area contributed by atoms with E-state index in [9.17, 15) is 17.6 Å². The first-order chi connectivity index (χ1) is 16.7. The highest BCUT2D eigenvalue weighted by atomic mass is 32.2. The number of carbonyl (C=O) groups excluding carboxylic acids is 1. The van der Waals surface area contributed by atoms with Crippen molar-refractivity contribution in [1.29, 1.82) is 0 Å². The van der Waals surface area contributed by atoms with Gasteiger partial charge in [-0.1, -0.05) is 0 Å². The number of anilines is 2. The molecule has 3 heterocycles. The van der Waals surface area contributed by atoms with E-state index in [-0.39, 0.29) is 42.2 Å². The summed E-state index contributed by atoms with van der Waals surface area (Å²) in [6, 6.07) is 4.27. The lowest BCUT2D eigenvalue weighted by atomic mass is 10.1. The topological polar surface area (TPSA) is 154 Å². The summed E-state index contributed by atoms with van der Waals surface area (Å²) in [5, 5.41) is 3.01. The van der Waals surface area contributed by atoms with Crippen molar-refractivity contribution >= 4 is 27.8 Å². The molecule has 0 bridgehead atoms. The number of carbonyl (C=O) groups is 1. The minimum absolute atomic E-state index is 0.128. The molecule has 11 nitrogen and oxygen atoms in total. The van der Waals surface area contributed by atoms with Gasteiger partial charge < -0.3 is 20.0 Å². The number of ketones is 1. The molecule has 3 aromatic heterocycles. The van der Waals surface area contributed by atoms with Gasteiger partial charge in [-0.05, 0) is 37.8 Å². The van der Waals surface area contributed by atoms with Gasteiger partial charge in [-0.15, -0.1) is 0 Å². The standard InChI is InChI=1S/C22H27FN6O5S/c1-13(19-3-4-20(24)34-19)29-6-5-15(10-29)21(30)16-9-26-12-27-22(16)28-18-8-14(7-17(18)23)11-33-35(31,32)25-2/h3-6,9-10,12-14,17-18,25H,7-8,11,24H2,1-2H3,(H,26,27,28). The lowest BCUT2D eigenvalue weighted by Crippen LogP contribution is -2.27. The van der Waals surface area contributed by atoms with Crippen molar-refractivity contribution < 1.29 is 26.2 Å². The molecule has 4 rings (SSSR count). The summed E-state index contributed by atoms with van der Waals surface area (Å²) in [5.74, 6) is 0.535. The minimum Gasteiger partial charge on any atom is -0.444 e. The quantitative estimate of drug-likeness (QED) is 0.351. The number of halogens is 1. The summed E-state index contributed by atoms with van der Waals surface area (Å²) in [6.07, 6.45) is 5.28. The molecule has 1 fully saturated rings. The van der Waals surface area contributed by atoms with Gasteiger partial charge in [-0.25, -0.2) is 14.4 Å². The predicted molar refractivity (Wildman–Crippen MR) is 126 cm³/mol.